The van der Waals surface area contributed by atoms with Crippen molar-refractivity contribution in [2.24, 2.45) is 0 Å². The van der Waals surface area contributed by atoms with Crippen LogP contribution in [0.3, 0.4) is 0 Å². The van der Waals surface area contributed by atoms with Crippen LogP contribution < -0.4 is 10.1 Å². The van der Waals surface area contributed by atoms with E-state index in [1.54, 1.807) is 50.2 Å². The van der Waals surface area contributed by atoms with E-state index in [1.807, 2.05) is 0 Å². The van der Waals surface area contributed by atoms with Crippen molar-refractivity contribution in [2.75, 3.05) is 6.79 Å². The monoisotopic (exact) mass is 483 g/mol. The van der Waals surface area contributed by atoms with Gasteiger partial charge in [0.05, 0.1) is 6.04 Å². The Labute approximate surface area is 189 Å². The zero-order chi connectivity index (χ0) is 23.7. The molecular weight excluding hydrogens is 461 g/mol. The zero-order valence-corrected chi connectivity index (χ0v) is 19.2. The Kier molecular flexibility index (Phi) is 7.09. The molecule has 1 heterocycles. The van der Waals surface area contributed by atoms with E-state index < -0.39 is 38.3 Å². The maximum atomic E-state index is 13.0. The second-order valence-electron chi connectivity index (χ2n) is 7.80. The number of rotatable bonds is 7. The van der Waals surface area contributed by atoms with Crippen LogP contribution >= 0.6 is 19.4 Å². The van der Waals surface area contributed by atoms with Gasteiger partial charge in [0.1, 0.15) is 17.5 Å². The minimum Gasteiger partial charge on any atom is -0.485 e. The number of carbonyl (C=O) groups is 2. The van der Waals surface area contributed by atoms with E-state index in [0.717, 1.165) is 0 Å². The molecule has 0 saturated carbocycles. The summed E-state index contributed by atoms with van der Waals surface area (Å²) < 4.78 is 27.2. The van der Waals surface area contributed by atoms with E-state index in [2.05, 4.69) is 9.84 Å². The van der Waals surface area contributed by atoms with Crippen LogP contribution in [0, 0.1) is 0 Å². The summed E-state index contributed by atoms with van der Waals surface area (Å²) in [6.07, 6.45) is -0.924. The molecule has 0 aliphatic carbocycles. The first-order valence-corrected chi connectivity index (χ1v) is 11.5. The van der Waals surface area contributed by atoms with Gasteiger partial charge < -0.3 is 24.6 Å². The second kappa shape index (κ2) is 9.31. The molecule has 2 aromatic rings. The Morgan fingerprint density at radius 3 is 2.53 bits per heavy atom. The predicted octanol–water partition coefficient (Wildman–Crippen LogP) is 3.64. The number of hydrogen-bond donors (Lipinski definition) is 3. The van der Waals surface area contributed by atoms with Crippen LogP contribution in [0.25, 0.3) is 0 Å². The van der Waals surface area contributed by atoms with Gasteiger partial charge in [-0.3, -0.25) is 14.1 Å². The molecule has 172 valence electrons. The standard InChI is InChI=1S/C21H23ClNO8P/c1-12(24)13-7-8-17-16(10-13)18(23-20(25)14-5-4-6-15(22)9-14)19(21(2,3)31-17)29-11-30-32(26,27)28/h4-10,18-19H,11H2,1-3H3,(H,23,25)(H2,26,27,28)/t18-,19+/m0/s1. The molecule has 0 spiro atoms. The third-order valence-corrected chi connectivity index (χ3v) is 5.63. The van der Waals surface area contributed by atoms with Gasteiger partial charge >= 0.3 is 7.82 Å². The Morgan fingerprint density at radius 1 is 1.19 bits per heavy atom. The molecule has 9 nitrogen and oxygen atoms in total. The number of phosphoric ester groups is 1. The summed E-state index contributed by atoms with van der Waals surface area (Å²) in [7, 11) is -4.78. The highest BCUT2D eigenvalue weighted by molar-refractivity contribution is 7.46. The van der Waals surface area contributed by atoms with Crippen LogP contribution in [-0.4, -0.2) is 40.0 Å². The number of benzene rings is 2. The average molecular weight is 484 g/mol. The van der Waals surface area contributed by atoms with E-state index in [9.17, 15) is 14.2 Å². The first kappa shape index (κ1) is 24.4. The molecule has 1 amide bonds. The van der Waals surface area contributed by atoms with E-state index >= 15 is 0 Å². The summed E-state index contributed by atoms with van der Waals surface area (Å²) in [6.45, 7) is 4.08. The average Bonchev–Trinajstić information content (AvgIpc) is 2.68. The van der Waals surface area contributed by atoms with Crippen molar-refractivity contribution in [3.05, 3.63) is 64.2 Å². The van der Waals surface area contributed by atoms with Gasteiger partial charge in [-0.15, -0.1) is 0 Å². The SMILES string of the molecule is CC(=O)c1ccc2c(c1)[C@H](NC(=O)c1cccc(Cl)c1)[C@@H](OCOP(=O)(O)O)C(C)(C)O2. The lowest BCUT2D eigenvalue weighted by atomic mass is 9.85. The van der Waals surface area contributed by atoms with Crippen molar-refractivity contribution in [1.82, 2.24) is 5.32 Å². The highest BCUT2D eigenvalue weighted by Crippen LogP contribution is 2.43. The van der Waals surface area contributed by atoms with E-state index in [4.69, 9.17) is 30.9 Å². The van der Waals surface area contributed by atoms with Gasteiger partial charge in [0.25, 0.3) is 5.91 Å². The summed E-state index contributed by atoms with van der Waals surface area (Å²) in [5, 5.41) is 3.26. The number of ether oxygens (including phenoxy) is 2. The first-order valence-electron chi connectivity index (χ1n) is 9.59. The lowest BCUT2D eigenvalue weighted by molar-refractivity contribution is -0.141. The maximum absolute atomic E-state index is 13.0. The minimum absolute atomic E-state index is 0.181. The number of nitrogens with one attached hydrogen (secondary N) is 1. The molecule has 3 N–H and O–H groups in total. The summed E-state index contributed by atoms with van der Waals surface area (Å²) in [6, 6.07) is 10.4. The summed E-state index contributed by atoms with van der Waals surface area (Å²) >= 11 is 6.00. The van der Waals surface area contributed by atoms with Crippen LogP contribution in [0.5, 0.6) is 5.75 Å². The Balaban J connectivity index is 2.01. The van der Waals surface area contributed by atoms with Crippen LogP contribution in [0.2, 0.25) is 5.02 Å². The van der Waals surface area contributed by atoms with Crippen LogP contribution in [0.15, 0.2) is 42.5 Å². The lowest BCUT2D eigenvalue weighted by Crippen LogP contribution is -2.55. The Bertz CT molecular complexity index is 1080. The molecule has 0 unspecified atom stereocenters. The highest BCUT2D eigenvalue weighted by Gasteiger charge is 2.46. The van der Waals surface area contributed by atoms with Gasteiger partial charge in [-0.25, -0.2) is 4.57 Å². The normalized spacial score (nSPS) is 19.6. The van der Waals surface area contributed by atoms with Gasteiger partial charge in [-0.2, -0.15) is 0 Å². The number of carbonyl (C=O) groups excluding carboxylic acids is 2. The fourth-order valence-corrected chi connectivity index (χ4v) is 3.87. The first-order chi connectivity index (χ1) is 14.9. The summed E-state index contributed by atoms with van der Waals surface area (Å²) in [5.41, 5.74) is 0.152. The molecule has 2 atom stereocenters. The molecule has 0 fully saturated rings. The molecular formula is C21H23ClNO8P. The number of halogens is 1. The molecule has 1 aliphatic heterocycles. The highest BCUT2D eigenvalue weighted by atomic mass is 35.5. The lowest BCUT2D eigenvalue weighted by Gasteiger charge is -2.44. The fourth-order valence-electron chi connectivity index (χ4n) is 3.49. The second-order valence-corrected chi connectivity index (χ2v) is 9.48. The summed E-state index contributed by atoms with van der Waals surface area (Å²) in [4.78, 5) is 42.9. The fraction of sp³-hybridized carbons (Fsp3) is 0.333. The predicted molar refractivity (Wildman–Crippen MR) is 116 cm³/mol. The molecule has 0 aromatic heterocycles. The van der Waals surface area contributed by atoms with Crippen molar-refractivity contribution < 1.29 is 37.9 Å². The van der Waals surface area contributed by atoms with Crippen LogP contribution in [-0.2, 0) is 13.8 Å². The van der Waals surface area contributed by atoms with E-state index in [1.165, 1.54) is 13.0 Å². The maximum Gasteiger partial charge on any atom is 0.471 e. The van der Waals surface area contributed by atoms with Crippen molar-refractivity contribution >= 4 is 31.1 Å². The van der Waals surface area contributed by atoms with Gasteiger partial charge in [0.15, 0.2) is 12.6 Å². The van der Waals surface area contributed by atoms with Crippen molar-refractivity contribution in [1.29, 1.82) is 0 Å². The van der Waals surface area contributed by atoms with Crippen LogP contribution in [0.4, 0.5) is 0 Å². The largest absolute Gasteiger partial charge is 0.485 e. The number of phosphoric acid groups is 1. The summed E-state index contributed by atoms with van der Waals surface area (Å²) in [5.74, 6) is -0.203. The third kappa shape index (κ3) is 5.75. The Morgan fingerprint density at radius 2 is 1.91 bits per heavy atom. The zero-order valence-electron chi connectivity index (χ0n) is 17.6. The van der Waals surface area contributed by atoms with Crippen LogP contribution in [0.1, 0.15) is 53.1 Å². The van der Waals surface area contributed by atoms with Gasteiger partial charge in [0, 0.05) is 21.7 Å². The topological polar surface area (TPSA) is 131 Å². The van der Waals surface area contributed by atoms with Crippen molar-refractivity contribution in [3.63, 3.8) is 0 Å². The number of ketones is 1. The number of amides is 1. The van der Waals surface area contributed by atoms with Gasteiger partial charge in [-0.1, -0.05) is 17.7 Å². The molecule has 0 bridgehead atoms. The van der Waals surface area contributed by atoms with E-state index in [-0.39, 0.29) is 5.78 Å². The number of Topliss-reactive ketones (excluding diaryl/α,β-unsaturated/α-hetero) is 1. The quantitative estimate of drug-likeness (QED) is 0.309. The molecule has 32 heavy (non-hydrogen) atoms. The third-order valence-electron chi connectivity index (χ3n) is 4.95. The van der Waals surface area contributed by atoms with Crippen molar-refractivity contribution in [3.8, 4) is 5.75 Å². The molecule has 0 radical (unpaired) electrons. The van der Waals surface area contributed by atoms with Crippen molar-refractivity contribution in [2.45, 2.75) is 38.5 Å². The van der Waals surface area contributed by atoms with E-state index in [0.29, 0.717) is 27.5 Å². The smallest absolute Gasteiger partial charge is 0.471 e. The molecule has 3 rings (SSSR count). The number of fused-ring (bicyclic) bond motifs is 1. The minimum atomic E-state index is -4.78. The number of hydrogen-bond acceptors (Lipinski definition) is 6. The van der Waals surface area contributed by atoms with Gasteiger partial charge in [0.2, 0.25) is 0 Å². The molecule has 1 aliphatic rings. The molecule has 2 aromatic carbocycles. The molecule has 0 saturated heterocycles. The van der Waals surface area contributed by atoms with Gasteiger partial charge in [-0.05, 0) is 57.2 Å². The Hall–Kier alpha value is -2.26. The molecule has 11 heteroatoms.